The highest BCUT2D eigenvalue weighted by Crippen LogP contribution is 2.39. The highest BCUT2D eigenvalue weighted by molar-refractivity contribution is 6.06. The molecule has 1 atom stereocenters. The van der Waals surface area contributed by atoms with Crippen LogP contribution in [0.4, 0.5) is 5.69 Å². The first kappa shape index (κ1) is 21.6. The molecule has 0 spiro atoms. The van der Waals surface area contributed by atoms with E-state index >= 15 is 0 Å². The van der Waals surface area contributed by atoms with Gasteiger partial charge in [0.05, 0.1) is 11.1 Å². The number of aromatic nitrogens is 1. The Labute approximate surface area is 194 Å². The molecule has 0 radical (unpaired) electrons. The Kier molecular flexibility index (Phi) is 5.43. The number of rotatable bonds is 3. The van der Waals surface area contributed by atoms with E-state index in [0.29, 0.717) is 18.0 Å². The van der Waals surface area contributed by atoms with Crippen molar-refractivity contribution in [2.24, 2.45) is 11.3 Å². The second-order valence-electron chi connectivity index (χ2n) is 10.2. The molecule has 2 heterocycles. The Morgan fingerprint density at radius 3 is 2.64 bits per heavy atom. The zero-order valence-corrected chi connectivity index (χ0v) is 19.6. The average Bonchev–Trinajstić information content (AvgIpc) is 3.24. The summed E-state index contributed by atoms with van der Waals surface area (Å²) < 4.78 is 5.65. The fourth-order valence-corrected chi connectivity index (χ4v) is 5.24. The monoisotopic (exact) mass is 442 g/mol. The van der Waals surface area contributed by atoms with Gasteiger partial charge in [-0.3, -0.25) is 9.78 Å². The van der Waals surface area contributed by atoms with Crippen LogP contribution in [0.3, 0.4) is 0 Å². The van der Waals surface area contributed by atoms with E-state index in [1.54, 1.807) is 4.90 Å². The van der Waals surface area contributed by atoms with Crippen molar-refractivity contribution in [3.05, 3.63) is 70.9 Å². The summed E-state index contributed by atoms with van der Waals surface area (Å²) in [5.41, 5.74) is 5.57. The molecule has 0 N–H and O–H groups in total. The highest BCUT2D eigenvalue weighted by Gasteiger charge is 2.33. The molecule has 3 aromatic rings. The maximum Gasteiger partial charge on any atom is 0.339 e. The predicted octanol–water partition coefficient (Wildman–Crippen LogP) is 5.13. The normalized spacial score (nSPS) is 17.5. The number of aryl methyl sites for hydroxylation is 1. The predicted molar refractivity (Wildman–Crippen MR) is 129 cm³/mol. The summed E-state index contributed by atoms with van der Waals surface area (Å²) in [6, 6.07) is 15.6. The van der Waals surface area contributed by atoms with Crippen LogP contribution in [0.25, 0.3) is 10.9 Å². The maximum absolute atomic E-state index is 13.4. The molecule has 5 nitrogen and oxygen atoms in total. The molecule has 1 aromatic heterocycles. The van der Waals surface area contributed by atoms with E-state index in [1.165, 1.54) is 0 Å². The van der Waals surface area contributed by atoms with Crippen LogP contribution in [0.2, 0.25) is 0 Å². The summed E-state index contributed by atoms with van der Waals surface area (Å²) in [6.45, 7) is 7.11. The molecule has 1 aliphatic heterocycles. The number of anilines is 1. The second-order valence-corrected chi connectivity index (χ2v) is 10.2. The maximum atomic E-state index is 13.4. The van der Waals surface area contributed by atoms with Gasteiger partial charge in [0.1, 0.15) is 0 Å². The standard InChI is InChI=1S/C28H30N2O3/c1-28(2,3)19-12-13-23-21(16-19)26(20-9-5-6-10-22(20)29-23)27(32)33-17-25(31)30-15-14-18-8-4-7-11-24(18)30/h4-11,19H,12-17H2,1-3H3. The number of carbonyl (C=O) groups excluding carboxylic acids is 2. The minimum absolute atomic E-state index is 0.142. The van der Waals surface area contributed by atoms with Gasteiger partial charge >= 0.3 is 5.97 Å². The van der Waals surface area contributed by atoms with Crippen molar-refractivity contribution in [3.63, 3.8) is 0 Å². The van der Waals surface area contributed by atoms with Gasteiger partial charge in [-0.15, -0.1) is 0 Å². The lowest BCUT2D eigenvalue weighted by atomic mass is 9.70. The molecule has 33 heavy (non-hydrogen) atoms. The topological polar surface area (TPSA) is 59.5 Å². The largest absolute Gasteiger partial charge is 0.452 e. The number of fused-ring (bicyclic) bond motifs is 3. The highest BCUT2D eigenvalue weighted by atomic mass is 16.5. The smallest absolute Gasteiger partial charge is 0.339 e. The van der Waals surface area contributed by atoms with Crippen molar-refractivity contribution >= 4 is 28.5 Å². The lowest BCUT2D eigenvalue weighted by molar-refractivity contribution is -0.121. The molecule has 5 heteroatoms. The molecule has 0 fully saturated rings. The number of para-hydroxylation sites is 2. The zero-order valence-electron chi connectivity index (χ0n) is 19.6. The SMILES string of the molecule is CC(C)(C)C1CCc2nc3ccccc3c(C(=O)OCC(=O)N3CCc4ccccc43)c2C1. The van der Waals surface area contributed by atoms with Gasteiger partial charge in [0.15, 0.2) is 6.61 Å². The van der Waals surface area contributed by atoms with Crippen LogP contribution < -0.4 is 4.90 Å². The van der Waals surface area contributed by atoms with E-state index in [-0.39, 0.29) is 17.9 Å². The average molecular weight is 443 g/mol. The molecule has 0 saturated heterocycles. The molecule has 170 valence electrons. The van der Waals surface area contributed by atoms with Crippen LogP contribution in [-0.2, 0) is 28.8 Å². The number of benzene rings is 2. The van der Waals surface area contributed by atoms with Crippen LogP contribution in [-0.4, -0.2) is 30.0 Å². The molecule has 1 unspecified atom stereocenters. The minimum Gasteiger partial charge on any atom is -0.452 e. The van der Waals surface area contributed by atoms with Crippen molar-refractivity contribution < 1.29 is 14.3 Å². The van der Waals surface area contributed by atoms with E-state index in [4.69, 9.17) is 9.72 Å². The third-order valence-electron chi connectivity index (χ3n) is 7.20. The molecule has 0 saturated carbocycles. The first-order valence-electron chi connectivity index (χ1n) is 11.8. The lowest BCUT2D eigenvalue weighted by Gasteiger charge is -2.35. The van der Waals surface area contributed by atoms with Crippen LogP contribution in [0.1, 0.15) is 54.4 Å². The van der Waals surface area contributed by atoms with E-state index < -0.39 is 5.97 Å². The summed E-state index contributed by atoms with van der Waals surface area (Å²) >= 11 is 0. The van der Waals surface area contributed by atoms with Crippen molar-refractivity contribution in [1.82, 2.24) is 4.98 Å². The first-order chi connectivity index (χ1) is 15.8. The molecular weight excluding hydrogens is 412 g/mol. The van der Waals surface area contributed by atoms with Gasteiger partial charge in [0, 0.05) is 23.3 Å². The third kappa shape index (κ3) is 4.01. The van der Waals surface area contributed by atoms with Crippen molar-refractivity contribution in [2.45, 2.75) is 46.5 Å². The van der Waals surface area contributed by atoms with Gasteiger partial charge < -0.3 is 9.64 Å². The molecule has 2 aliphatic rings. The lowest BCUT2D eigenvalue weighted by Crippen LogP contribution is -2.33. The summed E-state index contributed by atoms with van der Waals surface area (Å²) in [6.07, 6.45) is 3.54. The summed E-state index contributed by atoms with van der Waals surface area (Å²) in [5.74, 6) is -0.157. The van der Waals surface area contributed by atoms with E-state index in [9.17, 15) is 9.59 Å². The summed E-state index contributed by atoms with van der Waals surface area (Å²) in [7, 11) is 0. The number of hydrogen-bond acceptors (Lipinski definition) is 4. The van der Waals surface area contributed by atoms with Crippen molar-refractivity contribution in [2.75, 3.05) is 18.1 Å². The number of nitrogens with zero attached hydrogens (tertiary/aromatic N) is 2. The Morgan fingerprint density at radius 2 is 1.82 bits per heavy atom. The van der Waals surface area contributed by atoms with Gasteiger partial charge in [-0.05, 0) is 60.3 Å². The Hall–Kier alpha value is -3.21. The molecule has 0 bridgehead atoms. The Bertz CT molecular complexity index is 1240. The van der Waals surface area contributed by atoms with Crippen molar-refractivity contribution in [1.29, 1.82) is 0 Å². The Morgan fingerprint density at radius 1 is 1.06 bits per heavy atom. The number of pyridine rings is 1. The van der Waals surface area contributed by atoms with E-state index in [0.717, 1.165) is 59.1 Å². The number of carbonyl (C=O) groups is 2. The van der Waals surface area contributed by atoms with Crippen LogP contribution in [0.5, 0.6) is 0 Å². The van der Waals surface area contributed by atoms with E-state index in [2.05, 4.69) is 20.8 Å². The second kappa shape index (κ2) is 8.29. The minimum atomic E-state index is -0.430. The van der Waals surface area contributed by atoms with Gasteiger partial charge in [-0.2, -0.15) is 0 Å². The van der Waals surface area contributed by atoms with Crippen LogP contribution in [0.15, 0.2) is 48.5 Å². The number of amides is 1. The molecule has 1 aliphatic carbocycles. The van der Waals surface area contributed by atoms with Crippen LogP contribution in [0, 0.1) is 11.3 Å². The number of esters is 1. The van der Waals surface area contributed by atoms with Gasteiger partial charge in [-0.25, -0.2) is 4.79 Å². The molecule has 5 rings (SSSR count). The fraction of sp³-hybridized carbons (Fsp3) is 0.393. The zero-order chi connectivity index (χ0) is 23.2. The summed E-state index contributed by atoms with van der Waals surface area (Å²) in [4.78, 5) is 32.9. The quantitative estimate of drug-likeness (QED) is 0.528. The first-order valence-corrected chi connectivity index (χ1v) is 11.8. The number of ether oxygens (including phenoxy) is 1. The van der Waals surface area contributed by atoms with Gasteiger partial charge in [-0.1, -0.05) is 57.2 Å². The van der Waals surface area contributed by atoms with Crippen molar-refractivity contribution in [3.8, 4) is 0 Å². The fourth-order valence-electron chi connectivity index (χ4n) is 5.24. The molecule has 1 amide bonds. The van der Waals surface area contributed by atoms with Crippen LogP contribution >= 0.6 is 0 Å². The van der Waals surface area contributed by atoms with Gasteiger partial charge in [0.25, 0.3) is 5.91 Å². The third-order valence-corrected chi connectivity index (χ3v) is 7.20. The molecular formula is C28H30N2O3. The molecule has 2 aromatic carbocycles. The van der Waals surface area contributed by atoms with E-state index in [1.807, 2.05) is 48.5 Å². The van der Waals surface area contributed by atoms with Gasteiger partial charge in [0.2, 0.25) is 0 Å². The Balaban J connectivity index is 1.43. The summed E-state index contributed by atoms with van der Waals surface area (Å²) in [5, 5.41) is 0.801. The number of hydrogen-bond donors (Lipinski definition) is 0.